The maximum absolute atomic E-state index is 12.6. The third-order valence-electron chi connectivity index (χ3n) is 4.87. The third-order valence-corrected chi connectivity index (χ3v) is 4.87. The number of benzene rings is 1. The summed E-state index contributed by atoms with van der Waals surface area (Å²) in [6.07, 6.45) is 3.09. The van der Waals surface area contributed by atoms with E-state index in [1.807, 2.05) is 4.90 Å². The number of carboxylic acid groups (broad SMARTS) is 1. The molecule has 2 aliphatic heterocycles. The lowest BCUT2D eigenvalue weighted by Gasteiger charge is -2.34. The van der Waals surface area contributed by atoms with Gasteiger partial charge < -0.3 is 10.0 Å². The predicted molar refractivity (Wildman–Crippen MR) is 86.2 cm³/mol. The van der Waals surface area contributed by atoms with E-state index in [0.29, 0.717) is 23.6 Å². The molecular formula is C17H23N3O3. The highest BCUT2D eigenvalue weighted by Gasteiger charge is 2.32. The molecule has 0 radical (unpaired) electrons. The summed E-state index contributed by atoms with van der Waals surface area (Å²) in [4.78, 5) is 25.4. The first kappa shape index (κ1) is 16.0. The minimum atomic E-state index is -1.01. The van der Waals surface area contributed by atoms with Crippen molar-refractivity contribution in [2.24, 2.45) is 5.92 Å². The summed E-state index contributed by atoms with van der Waals surface area (Å²) < 4.78 is 0. The first-order valence-corrected chi connectivity index (χ1v) is 8.18. The monoisotopic (exact) mass is 317 g/mol. The van der Waals surface area contributed by atoms with Crippen LogP contribution in [0.1, 0.15) is 46.9 Å². The molecule has 2 saturated heterocycles. The van der Waals surface area contributed by atoms with Crippen LogP contribution < -0.4 is 10.9 Å². The lowest BCUT2D eigenvalue weighted by molar-refractivity contribution is 0.0673. The Hall–Kier alpha value is -1.92. The molecule has 2 fully saturated rings. The molecule has 23 heavy (non-hydrogen) atoms. The maximum Gasteiger partial charge on any atom is 0.335 e. The van der Waals surface area contributed by atoms with Crippen LogP contribution >= 0.6 is 0 Å². The van der Waals surface area contributed by atoms with Crippen molar-refractivity contribution < 1.29 is 14.7 Å². The van der Waals surface area contributed by atoms with Gasteiger partial charge in [-0.25, -0.2) is 4.79 Å². The highest BCUT2D eigenvalue weighted by Crippen LogP contribution is 2.26. The van der Waals surface area contributed by atoms with E-state index >= 15 is 0 Å². The molecule has 1 amide bonds. The van der Waals surface area contributed by atoms with Crippen LogP contribution in [-0.4, -0.2) is 47.1 Å². The topological polar surface area (TPSA) is 81.7 Å². The number of carbonyl (C=O) groups excluding carboxylic acids is 1. The van der Waals surface area contributed by atoms with Crippen LogP contribution in [0.5, 0.6) is 0 Å². The zero-order valence-electron chi connectivity index (χ0n) is 13.3. The molecule has 1 aromatic carbocycles. The van der Waals surface area contributed by atoms with Crippen molar-refractivity contribution in [3.8, 4) is 0 Å². The van der Waals surface area contributed by atoms with Crippen LogP contribution in [0.15, 0.2) is 24.3 Å². The molecule has 0 saturated carbocycles. The quantitative estimate of drug-likeness (QED) is 0.787. The van der Waals surface area contributed by atoms with Crippen LogP contribution in [0.4, 0.5) is 0 Å². The predicted octanol–water partition coefficient (Wildman–Crippen LogP) is 1.49. The average Bonchev–Trinajstić information content (AvgIpc) is 3.01. The third kappa shape index (κ3) is 3.54. The smallest absolute Gasteiger partial charge is 0.335 e. The fourth-order valence-corrected chi connectivity index (χ4v) is 3.53. The summed E-state index contributed by atoms with van der Waals surface area (Å²) in [7, 11) is 0. The van der Waals surface area contributed by atoms with Crippen molar-refractivity contribution in [1.82, 2.24) is 15.8 Å². The number of nitrogens with one attached hydrogen (secondary N) is 2. The zero-order valence-corrected chi connectivity index (χ0v) is 13.3. The van der Waals surface area contributed by atoms with Gasteiger partial charge in [-0.15, -0.1) is 0 Å². The summed E-state index contributed by atoms with van der Waals surface area (Å²) in [5.41, 5.74) is 7.22. The Bertz CT molecular complexity index is 597. The fraction of sp³-hybridized carbons (Fsp3) is 0.529. The minimum absolute atomic E-state index is 0.0718. The number of nitrogens with zero attached hydrogens (tertiary/aromatic N) is 1. The van der Waals surface area contributed by atoms with Crippen molar-refractivity contribution in [3.63, 3.8) is 0 Å². The number of likely N-dealkylation sites (tertiary alicyclic amines) is 1. The van der Waals surface area contributed by atoms with Crippen molar-refractivity contribution in [2.75, 3.05) is 13.1 Å². The van der Waals surface area contributed by atoms with Crippen LogP contribution in [-0.2, 0) is 0 Å². The van der Waals surface area contributed by atoms with Gasteiger partial charge in [0.2, 0.25) is 0 Å². The highest BCUT2D eigenvalue weighted by molar-refractivity contribution is 5.97. The number of aromatic carboxylic acids is 1. The molecule has 6 nitrogen and oxygen atoms in total. The molecule has 0 spiro atoms. The molecule has 1 aromatic rings. The number of amides is 1. The Morgan fingerprint density at radius 2 is 1.87 bits per heavy atom. The zero-order chi connectivity index (χ0) is 16.4. The largest absolute Gasteiger partial charge is 0.478 e. The van der Waals surface area contributed by atoms with Gasteiger partial charge in [-0.3, -0.25) is 15.6 Å². The van der Waals surface area contributed by atoms with Crippen molar-refractivity contribution in [3.05, 3.63) is 35.4 Å². The van der Waals surface area contributed by atoms with Crippen LogP contribution in [0.25, 0.3) is 0 Å². The second-order valence-corrected chi connectivity index (χ2v) is 6.55. The molecule has 2 aliphatic rings. The Labute approximate surface area is 135 Å². The molecule has 124 valence electrons. The van der Waals surface area contributed by atoms with Gasteiger partial charge in [0.1, 0.15) is 0 Å². The summed E-state index contributed by atoms with van der Waals surface area (Å²) in [6.45, 7) is 3.63. The minimum Gasteiger partial charge on any atom is -0.478 e. The van der Waals surface area contributed by atoms with Gasteiger partial charge in [-0.1, -0.05) is 6.07 Å². The summed E-state index contributed by atoms with van der Waals surface area (Å²) in [6, 6.07) is 7.26. The van der Waals surface area contributed by atoms with E-state index < -0.39 is 5.97 Å². The van der Waals surface area contributed by atoms with Crippen LogP contribution in [0.3, 0.4) is 0 Å². The Kier molecular flexibility index (Phi) is 4.63. The number of piperidine rings is 1. The second-order valence-electron chi connectivity index (χ2n) is 6.55. The van der Waals surface area contributed by atoms with Gasteiger partial charge >= 0.3 is 5.97 Å². The molecular weight excluding hydrogens is 294 g/mol. The van der Waals surface area contributed by atoms with Gasteiger partial charge in [0.15, 0.2) is 0 Å². The van der Waals surface area contributed by atoms with E-state index in [9.17, 15) is 9.59 Å². The Balaban J connectivity index is 1.60. The second kappa shape index (κ2) is 6.68. The number of carbonyl (C=O) groups is 2. The summed E-state index contributed by atoms with van der Waals surface area (Å²) in [5.74, 6) is -0.494. The number of hydrazine groups is 1. The normalized spacial score (nSPS) is 25.5. The van der Waals surface area contributed by atoms with Gasteiger partial charge in [-0.05, 0) is 50.3 Å². The van der Waals surface area contributed by atoms with Crippen molar-refractivity contribution in [2.45, 2.75) is 38.3 Å². The van der Waals surface area contributed by atoms with Crippen LogP contribution in [0, 0.1) is 5.92 Å². The van der Waals surface area contributed by atoms with E-state index in [1.165, 1.54) is 12.1 Å². The van der Waals surface area contributed by atoms with Gasteiger partial charge in [0.05, 0.1) is 5.56 Å². The number of carboxylic acids is 1. The number of hydrogen-bond donors (Lipinski definition) is 3. The van der Waals surface area contributed by atoms with Crippen LogP contribution in [0.2, 0.25) is 0 Å². The highest BCUT2D eigenvalue weighted by atomic mass is 16.4. The fourth-order valence-electron chi connectivity index (χ4n) is 3.53. The molecule has 2 atom stereocenters. The first-order chi connectivity index (χ1) is 11.0. The van der Waals surface area contributed by atoms with E-state index in [2.05, 4.69) is 17.8 Å². The van der Waals surface area contributed by atoms with E-state index in [-0.39, 0.29) is 11.5 Å². The molecule has 2 heterocycles. The molecule has 2 unspecified atom stereocenters. The molecule has 0 aromatic heterocycles. The number of hydrogen-bond acceptors (Lipinski definition) is 4. The van der Waals surface area contributed by atoms with E-state index in [0.717, 1.165) is 32.4 Å². The SMILES string of the molecule is CC1CC(C2CCN(C(=O)c3cccc(C(=O)O)c3)CC2)NN1. The van der Waals surface area contributed by atoms with Gasteiger partial charge in [0.25, 0.3) is 5.91 Å². The van der Waals surface area contributed by atoms with Gasteiger partial charge in [-0.2, -0.15) is 0 Å². The standard InChI is InChI=1S/C17H23N3O3/c1-11-9-15(19-18-11)12-5-7-20(8-6-12)16(21)13-3-2-4-14(10-13)17(22)23/h2-4,10-12,15,18-19H,5-9H2,1H3,(H,22,23). The molecule has 0 aliphatic carbocycles. The Morgan fingerprint density at radius 1 is 1.17 bits per heavy atom. The Morgan fingerprint density at radius 3 is 2.48 bits per heavy atom. The van der Waals surface area contributed by atoms with Crippen molar-refractivity contribution in [1.29, 1.82) is 0 Å². The number of rotatable bonds is 3. The van der Waals surface area contributed by atoms with Gasteiger partial charge in [0, 0.05) is 30.7 Å². The van der Waals surface area contributed by atoms with Crippen molar-refractivity contribution >= 4 is 11.9 Å². The first-order valence-electron chi connectivity index (χ1n) is 8.18. The lowest BCUT2D eigenvalue weighted by Crippen LogP contribution is -2.44. The molecule has 3 N–H and O–H groups in total. The molecule has 6 heteroatoms. The average molecular weight is 317 g/mol. The molecule has 3 rings (SSSR count). The van der Waals surface area contributed by atoms with E-state index in [4.69, 9.17) is 5.11 Å². The maximum atomic E-state index is 12.6. The van der Waals surface area contributed by atoms with E-state index in [1.54, 1.807) is 12.1 Å². The summed E-state index contributed by atoms with van der Waals surface area (Å²) >= 11 is 0. The molecule has 0 bridgehead atoms. The summed E-state index contributed by atoms with van der Waals surface area (Å²) in [5, 5.41) is 9.04. The lowest BCUT2D eigenvalue weighted by atomic mass is 9.87.